The van der Waals surface area contributed by atoms with Gasteiger partial charge >= 0.3 is 0 Å². The lowest BCUT2D eigenvalue weighted by molar-refractivity contribution is 0.166. The van der Waals surface area contributed by atoms with Crippen LogP contribution in [0, 0.1) is 0 Å². The summed E-state index contributed by atoms with van der Waals surface area (Å²) in [5, 5.41) is 22.6. The highest BCUT2D eigenvalue weighted by Crippen LogP contribution is 1.59. The highest BCUT2D eigenvalue weighted by molar-refractivity contribution is 4.52. The van der Waals surface area contributed by atoms with Gasteiger partial charge < -0.3 is 21.0 Å². The fourth-order valence-electron chi connectivity index (χ4n) is 0.715. The van der Waals surface area contributed by atoms with Crippen LogP contribution in [0.25, 0.3) is 0 Å². The molecule has 0 bridgehead atoms. The zero-order chi connectivity index (χ0) is 9.07. The van der Waals surface area contributed by atoms with Crippen molar-refractivity contribution in [2.24, 2.45) is 0 Å². The van der Waals surface area contributed by atoms with Gasteiger partial charge in [-0.15, -0.1) is 0 Å². The second-order valence-electron chi connectivity index (χ2n) is 2.32. The van der Waals surface area contributed by atoms with Crippen molar-refractivity contribution >= 4 is 0 Å². The average molecular weight is 178 g/mol. The molecule has 0 fully saturated rings. The predicted octanol–water partition coefficient (Wildman–Crippen LogP) is -1.88. The third-order valence-corrected chi connectivity index (χ3v) is 1.31. The molecule has 0 aliphatic heterocycles. The van der Waals surface area contributed by atoms with Crippen LogP contribution in [0.1, 0.15) is 0 Å². The third kappa shape index (κ3) is 9.76. The normalized spacial score (nSPS) is 10.5. The van der Waals surface area contributed by atoms with Gasteiger partial charge in [0, 0.05) is 39.3 Å². The van der Waals surface area contributed by atoms with E-state index in [2.05, 4.69) is 21.6 Å². The maximum absolute atomic E-state index is 8.20. The number of nitrogens with one attached hydrogen (secondary N) is 4. The topological polar surface area (TPSA) is 88.6 Å². The van der Waals surface area contributed by atoms with Crippen LogP contribution in [0.4, 0.5) is 0 Å². The molecule has 0 aliphatic rings. The van der Waals surface area contributed by atoms with Gasteiger partial charge in [-0.3, -0.25) is 0 Å². The van der Waals surface area contributed by atoms with Gasteiger partial charge in [0.25, 0.3) is 0 Å². The summed E-state index contributed by atoms with van der Waals surface area (Å²) in [6.07, 6.45) is 0. The minimum absolute atomic E-state index is 0.554. The zero-order valence-electron chi connectivity index (χ0n) is 7.14. The second kappa shape index (κ2) is 10.8. The van der Waals surface area contributed by atoms with Crippen molar-refractivity contribution in [3.8, 4) is 0 Å². The Balaban J connectivity index is 2.73. The lowest BCUT2D eigenvalue weighted by Crippen LogP contribution is -2.34. The van der Waals surface area contributed by atoms with Crippen molar-refractivity contribution in [2.45, 2.75) is 0 Å². The van der Waals surface area contributed by atoms with Gasteiger partial charge in [0.05, 0.1) is 0 Å². The molecule has 6 N–H and O–H groups in total. The van der Waals surface area contributed by atoms with E-state index < -0.39 is 0 Å². The number of hydrogen-bond donors (Lipinski definition) is 6. The molecule has 0 aromatic carbocycles. The molecule has 0 aliphatic carbocycles. The van der Waals surface area contributed by atoms with E-state index >= 15 is 0 Å². The quantitative estimate of drug-likeness (QED) is 0.183. The first-order valence-corrected chi connectivity index (χ1v) is 4.07. The van der Waals surface area contributed by atoms with Crippen molar-refractivity contribution in [1.82, 2.24) is 21.6 Å². The Hall–Kier alpha value is -0.240. The molecule has 0 amide bonds. The van der Waals surface area contributed by atoms with E-state index in [0.717, 1.165) is 26.2 Å². The second-order valence-corrected chi connectivity index (χ2v) is 2.32. The number of rotatable bonds is 9. The van der Waals surface area contributed by atoms with Crippen LogP contribution in [-0.2, 0) is 0 Å². The first-order chi connectivity index (χ1) is 5.91. The highest BCUT2D eigenvalue weighted by atomic mass is 16.5. The molecular formula is C6H18N4O2. The zero-order valence-corrected chi connectivity index (χ0v) is 7.14. The van der Waals surface area contributed by atoms with Gasteiger partial charge in [0.1, 0.15) is 0 Å². The standard InChI is InChI=1S/C6H18N4O2/c11-9-5-3-7-1-2-8-4-6-10-12/h7-12H,1-6H2. The monoisotopic (exact) mass is 178 g/mol. The van der Waals surface area contributed by atoms with E-state index in [0.29, 0.717) is 13.1 Å². The lowest BCUT2D eigenvalue weighted by atomic mass is 10.5. The fourth-order valence-corrected chi connectivity index (χ4v) is 0.715. The van der Waals surface area contributed by atoms with E-state index in [1.807, 2.05) is 0 Å². The Morgan fingerprint density at radius 3 is 1.25 bits per heavy atom. The minimum atomic E-state index is 0.554. The van der Waals surface area contributed by atoms with E-state index in [1.165, 1.54) is 0 Å². The van der Waals surface area contributed by atoms with Gasteiger partial charge in [-0.2, -0.15) is 0 Å². The van der Waals surface area contributed by atoms with Crippen LogP contribution in [0.15, 0.2) is 0 Å². The molecule has 0 spiro atoms. The summed E-state index contributed by atoms with van der Waals surface area (Å²) in [7, 11) is 0. The minimum Gasteiger partial charge on any atom is -0.317 e. The molecule has 0 rings (SSSR count). The molecule has 0 atom stereocenters. The van der Waals surface area contributed by atoms with Gasteiger partial charge in [-0.25, -0.2) is 11.0 Å². The third-order valence-electron chi connectivity index (χ3n) is 1.31. The molecule has 12 heavy (non-hydrogen) atoms. The molecule has 0 radical (unpaired) electrons. The van der Waals surface area contributed by atoms with Crippen molar-refractivity contribution < 1.29 is 10.4 Å². The summed E-state index contributed by atoms with van der Waals surface area (Å²) in [5.41, 5.74) is 4.11. The lowest BCUT2D eigenvalue weighted by Gasteiger charge is -2.04. The summed E-state index contributed by atoms with van der Waals surface area (Å²) in [4.78, 5) is 0. The maximum Gasteiger partial charge on any atom is 0.0332 e. The van der Waals surface area contributed by atoms with Crippen LogP contribution in [0.2, 0.25) is 0 Å². The molecule has 0 aromatic rings. The van der Waals surface area contributed by atoms with E-state index in [9.17, 15) is 0 Å². The van der Waals surface area contributed by atoms with Gasteiger partial charge in [0.2, 0.25) is 0 Å². The molecule has 0 aromatic heterocycles. The first kappa shape index (κ1) is 11.8. The van der Waals surface area contributed by atoms with E-state index in [4.69, 9.17) is 10.4 Å². The summed E-state index contributed by atoms with van der Waals surface area (Å²) in [6.45, 7) is 4.31. The molecule has 74 valence electrons. The van der Waals surface area contributed by atoms with Gasteiger partial charge in [0.15, 0.2) is 0 Å². The van der Waals surface area contributed by atoms with Crippen LogP contribution in [0.5, 0.6) is 0 Å². The van der Waals surface area contributed by atoms with Gasteiger partial charge in [-0.05, 0) is 0 Å². The molecular weight excluding hydrogens is 160 g/mol. The van der Waals surface area contributed by atoms with Crippen molar-refractivity contribution in [3.05, 3.63) is 0 Å². The molecule has 0 saturated carbocycles. The Morgan fingerprint density at radius 2 is 0.917 bits per heavy atom. The van der Waals surface area contributed by atoms with E-state index in [1.54, 1.807) is 0 Å². The van der Waals surface area contributed by atoms with Crippen molar-refractivity contribution in [1.29, 1.82) is 0 Å². The Kier molecular flexibility index (Phi) is 10.5. The summed E-state index contributed by atoms with van der Waals surface area (Å²) < 4.78 is 0. The Labute approximate surface area is 72.3 Å². The predicted molar refractivity (Wildman–Crippen MR) is 45.3 cm³/mol. The van der Waals surface area contributed by atoms with E-state index in [-0.39, 0.29) is 0 Å². The van der Waals surface area contributed by atoms with Gasteiger partial charge in [-0.1, -0.05) is 0 Å². The molecule has 6 heteroatoms. The first-order valence-electron chi connectivity index (χ1n) is 4.07. The highest BCUT2D eigenvalue weighted by Gasteiger charge is 1.86. The molecule has 0 unspecified atom stereocenters. The Morgan fingerprint density at radius 1 is 0.583 bits per heavy atom. The molecule has 6 nitrogen and oxygen atoms in total. The number of hydrogen-bond acceptors (Lipinski definition) is 6. The Bertz CT molecular complexity index is 73.9. The van der Waals surface area contributed by atoms with Crippen LogP contribution >= 0.6 is 0 Å². The van der Waals surface area contributed by atoms with Crippen LogP contribution in [-0.4, -0.2) is 49.7 Å². The summed E-state index contributed by atoms with van der Waals surface area (Å²) in [5.74, 6) is 0. The smallest absolute Gasteiger partial charge is 0.0332 e. The van der Waals surface area contributed by atoms with Crippen LogP contribution < -0.4 is 21.6 Å². The van der Waals surface area contributed by atoms with Crippen molar-refractivity contribution in [3.63, 3.8) is 0 Å². The molecule has 0 saturated heterocycles. The fraction of sp³-hybridized carbons (Fsp3) is 1.00. The maximum atomic E-state index is 8.20. The number of hydroxylamine groups is 2. The SMILES string of the molecule is ONCCNCCNCCNO. The van der Waals surface area contributed by atoms with Crippen LogP contribution in [0.3, 0.4) is 0 Å². The summed E-state index contributed by atoms with van der Waals surface area (Å²) in [6, 6.07) is 0. The average Bonchev–Trinajstić information content (AvgIpc) is 2.10. The summed E-state index contributed by atoms with van der Waals surface area (Å²) >= 11 is 0. The van der Waals surface area contributed by atoms with Crippen molar-refractivity contribution in [2.75, 3.05) is 39.3 Å². The largest absolute Gasteiger partial charge is 0.317 e. The molecule has 0 heterocycles.